The average molecular weight is 411 g/mol. The van der Waals surface area contributed by atoms with Crippen molar-refractivity contribution in [3.05, 3.63) is 82.0 Å². The van der Waals surface area contributed by atoms with Gasteiger partial charge in [0.05, 0.1) is 12.1 Å². The van der Waals surface area contributed by atoms with Gasteiger partial charge in [-0.1, -0.05) is 23.7 Å². The minimum absolute atomic E-state index is 0.219. The highest BCUT2D eigenvalue weighted by Crippen LogP contribution is 2.25. The zero-order valence-corrected chi connectivity index (χ0v) is 16.7. The molecule has 6 nitrogen and oxygen atoms in total. The molecule has 0 aliphatic rings. The molecule has 0 unspecified atom stereocenters. The highest BCUT2D eigenvalue weighted by Gasteiger charge is 2.24. The summed E-state index contributed by atoms with van der Waals surface area (Å²) < 4.78 is 12.5. The van der Waals surface area contributed by atoms with Crippen molar-refractivity contribution in [2.24, 2.45) is 0 Å². The van der Waals surface area contributed by atoms with Crippen LogP contribution in [0.25, 0.3) is 22.4 Å². The minimum atomic E-state index is -0.707. The van der Waals surface area contributed by atoms with E-state index in [1.165, 1.54) is 9.47 Å². The number of amides is 1. The molecule has 0 N–H and O–H groups in total. The summed E-state index contributed by atoms with van der Waals surface area (Å²) >= 11 is 5.92. The van der Waals surface area contributed by atoms with Gasteiger partial charge in [0.2, 0.25) is 5.91 Å². The maximum absolute atomic E-state index is 12.9. The van der Waals surface area contributed by atoms with Crippen molar-refractivity contribution in [3.63, 3.8) is 0 Å². The van der Waals surface area contributed by atoms with Crippen LogP contribution in [0, 0.1) is 0 Å². The molecule has 2 heterocycles. The van der Waals surface area contributed by atoms with Crippen molar-refractivity contribution >= 4 is 28.6 Å². The number of para-hydroxylation sites is 2. The molecule has 0 aliphatic heterocycles. The van der Waals surface area contributed by atoms with Crippen LogP contribution in [-0.4, -0.2) is 22.4 Å². The first-order valence-electron chi connectivity index (χ1n) is 9.14. The number of nitrogens with zero attached hydrogens (tertiary/aromatic N) is 2. The molecule has 148 valence electrons. The Morgan fingerprint density at radius 3 is 2.55 bits per heavy atom. The Kier molecular flexibility index (Phi) is 5.03. The molecule has 1 atom stereocenters. The lowest BCUT2D eigenvalue weighted by Gasteiger charge is -2.21. The van der Waals surface area contributed by atoms with E-state index in [-0.39, 0.29) is 12.5 Å². The number of aromatic nitrogens is 1. The average Bonchev–Trinajstić information content (AvgIpc) is 3.30. The van der Waals surface area contributed by atoms with E-state index < -0.39 is 11.8 Å². The Morgan fingerprint density at radius 2 is 1.79 bits per heavy atom. The lowest BCUT2D eigenvalue weighted by atomic mass is 10.2. The quantitative estimate of drug-likeness (QED) is 0.477. The molecule has 0 spiro atoms. The maximum Gasteiger partial charge on any atom is 0.420 e. The van der Waals surface area contributed by atoms with Crippen molar-refractivity contribution in [1.82, 2.24) is 9.47 Å². The lowest BCUT2D eigenvalue weighted by Crippen LogP contribution is -2.35. The summed E-state index contributed by atoms with van der Waals surface area (Å²) in [7, 11) is 1.68. The molecule has 0 fully saturated rings. The molecule has 4 aromatic rings. The summed E-state index contributed by atoms with van der Waals surface area (Å²) in [6.07, 6.45) is 0. The Bertz CT molecular complexity index is 1220. The van der Waals surface area contributed by atoms with E-state index in [0.29, 0.717) is 27.6 Å². The molecule has 2 aromatic carbocycles. The van der Waals surface area contributed by atoms with Gasteiger partial charge in [-0.15, -0.1) is 0 Å². The Labute approximate surface area is 171 Å². The molecule has 4 rings (SSSR count). The van der Waals surface area contributed by atoms with Crippen molar-refractivity contribution in [3.8, 4) is 11.3 Å². The van der Waals surface area contributed by atoms with Gasteiger partial charge in [0.15, 0.2) is 5.58 Å². The fourth-order valence-corrected chi connectivity index (χ4v) is 3.45. The lowest BCUT2D eigenvalue weighted by molar-refractivity contribution is -0.133. The van der Waals surface area contributed by atoms with Crippen LogP contribution < -0.4 is 5.76 Å². The molecule has 0 radical (unpaired) electrons. The second kappa shape index (κ2) is 7.64. The van der Waals surface area contributed by atoms with Gasteiger partial charge in [-0.25, -0.2) is 4.79 Å². The number of oxazole rings is 1. The Morgan fingerprint density at radius 1 is 1.07 bits per heavy atom. The van der Waals surface area contributed by atoms with Crippen molar-refractivity contribution in [1.29, 1.82) is 0 Å². The monoisotopic (exact) mass is 410 g/mol. The van der Waals surface area contributed by atoms with Gasteiger partial charge < -0.3 is 13.7 Å². The summed E-state index contributed by atoms with van der Waals surface area (Å²) in [5, 5.41) is 0.655. The molecule has 0 bridgehead atoms. The zero-order valence-electron chi connectivity index (χ0n) is 16.0. The summed E-state index contributed by atoms with van der Waals surface area (Å²) in [6, 6.07) is 17.4. The second-order valence-electron chi connectivity index (χ2n) is 6.85. The fraction of sp³-hybridized carbons (Fsp3) is 0.182. The molecule has 2 aromatic heterocycles. The smallest absolute Gasteiger partial charge is 0.420 e. The van der Waals surface area contributed by atoms with Crippen LogP contribution >= 0.6 is 11.6 Å². The zero-order chi connectivity index (χ0) is 20.5. The SMILES string of the molecule is C[C@H](C(=O)N(C)Cc1ccc(-c2ccc(Cl)cc2)o1)n1c(=O)oc2ccccc21. The number of hydrogen-bond acceptors (Lipinski definition) is 4. The van der Waals surface area contributed by atoms with Crippen LogP contribution in [0.5, 0.6) is 0 Å². The second-order valence-corrected chi connectivity index (χ2v) is 7.29. The number of carbonyl (C=O) groups is 1. The summed E-state index contributed by atoms with van der Waals surface area (Å²) in [5.41, 5.74) is 1.95. The number of hydrogen-bond donors (Lipinski definition) is 0. The summed E-state index contributed by atoms with van der Waals surface area (Å²) in [4.78, 5) is 26.7. The topological polar surface area (TPSA) is 68.6 Å². The van der Waals surface area contributed by atoms with Gasteiger partial charge in [0.25, 0.3) is 0 Å². The molecular formula is C22H19ClN2O4. The number of furan rings is 1. The van der Waals surface area contributed by atoms with Crippen LogP contribution in [0.4, 0.5) is 0 Å². The van der Waals surface area contributed by atoms with E-state index >= 15 is 0 Å². The van der Waals surface area contributed by atoms with Gasteiger partial charge in [-0.2, -0.15) is 0 Å². The van der Waals surface area contributed by atoms with Crippen molar-refractivity contribution in [2.45, 2.75) is 19.5 Å². The van der Waals surface area contributed by atoms with E-state index in [0.717, 1.165) is 5.56 Å². The molecule has 0 saturated heterocycles. The molecular weight excluding hydrogens is 392 g/mol. The van der Waals surface area contributed by atoms with E-state index in [1.54, 1.807) is 50.4 Å². The van der Waals surface area contributed by atoms with Gasteiger partial charge in [0.1, 0.15) is 17.6 Å². The third-order valence-corrected chi connectivity index (χ3v) is 5.08. The standard InChI is InChI=1S/C22H19ClN2O4/c1-14(25-18-5-3-4-6-20(18)29-22(25)27)21(26)24(2)13-17-11-12-19(28-17)15-7-9-16(23)10-8-15/h3-12,14H,13H2,1-2H3/t14-/m1/s1. The highest BCUT2D eigenvalue weighted by molar-refractivity contribution is 6.30. The van der Waals surface area contributed by atoms with E-state index in [2.05, 4.69) is 0 Å². The van der Waals surface area contributed by atoms with E-state index in [4.69, 9.17) is 20.4 Å². The van der Waals surface area contributed by atoms with Crippen LogP contribution in [0.3, 0.4) is 0 Å². The third kappa shape index (κ3) is 3.71. The fourth-order valence-electron chi connectivity index (χ4n) is 3.32. The molecule has 7 heteroatoms. The number of fused-ring (bicyclic) bond motifs is 1. The summed E-state index contributed by atoms with van der Waals surface area (Å²) in [5.74, 6) is 0.566. The van der Waals surface area contributed by atoms with Gasteiger partial charge in [-0.3, -0.25) is 9.36 Å². The van der Waals surface area contributed by atoms with Crippen LogP contribution in [0.15, 0.2) is 74.3 Å². The number of benzene rings is 2. The number of rotatable bonds is 5. The maximum atomic E-state index is 12.9. The van der Waals surface area contributed by atoms with Gasteiger partial charge in [0, 0.05) is 17.6 Å². The first kappa shape index (κ1) is 19.1. The Hall–Kier alpha value is -3.25. The van der Waals surface area contributed by atoms with Crippen molar-refractivity contribution in [2.75, 3.05) is 7.05 Å². The number of likely N-dealkylation sites (N-methyl/N-ethyl adjacent to an activating group) is 1. The minimum Gasteiger partial charge on any atom is -0.459 e. The van der Waals surface area contributed by atoms with Crippen LogP contribution in [-0.2, 0) is 11.3 Å². The van der Waals surface area contributed by atoms with E-state index in [1.807, 2.05) is 24.3 Å². The molecule has 0 saturated carbocycles. The first-order chi connectivity index (χ1) is 13.9. The van der Waals surface area contributed by atoms with Gasteiger partial charge >= 0.3 is 5.76 Å². The van der Waals surface area contributed by atoms with Crippen LogP contribution in [0.1, 0.15) is 18.7 Å². The number of carbonyl (C=O) groups excluding carboxylic acids is 1. The highest BCUT2D eigenvalue weighted by atomic mass is 35.5. The van der Waals surface area contributed by atoms with Gasteiger partial charge in [-0.05, 0) is 55.5 Å². The molecule has 29 heavy (non-hydrogen) atoms. The molecule has 0 aliphatic carbocycles. The predicted molar refractivity (Wildman–Crippen MR) is 111 cm³/mol. The Balaban J connectivity index is 1.52. The third-order valence-electron chi connectivity index (χ3n) is 4.82. The summed E-state index contributed by atoms with van der Waals surface area (Å²) in [6.45, 7) is 1.96. The van der Waals surface area contributed by atoms with Crippen LogP contribution in [0.2, 0.25) is 5.02 Å². The first-order valence-corrected chi connectivity index (χ1v) is 9.51. The largest absolute Gasteiger partial charge is 0.459 e. The van der Waals surface area contributed by atoms with E-state index in [9.17, 15) is 9.59 Å². The molecule has 1 amide bonds. The predicted octanol–water partition coefficient (Wildman–Crippen LogP) is 4.73. The normalized spacial score (nSPS) is 12.2. The number of halogens is 1. The van der Waals surface area contributed by atoms with Crippen molar-refractivity contribution < 1.29 is 13.6 Å².